The second kappa shape index (κ2) is 8.66. The fourth-order valence-corrected chi connectivity index (χ4v) is 3.55. The average molecular weight is 385 g/mol. The standard InChI is InChI=1S/C23H36N4O/c1-18-7-8-20(15-19(18)2)27-13-11-26(12-14-27)10-9-25(6)17-21-16-22(24-28-21)23(3,4)5/h7-8,15-16H,9-14,17H2,1-6H3. The zero-order valence-electron chi connectivity index (χ0n) is 18.5. The van der Waals surface area contributed by atoms with Crippen molar-refractivity contribution in [3.8, 4) is 0 Å². The first-order valence-corrected chi connectivity index (χ1v) is 10.4. The summed E-state index contributed by atoms with van der Waals surface area (Å²) in [6, 6.07) is 8.91. The van der Waals surface area contributed by atoms with Gasteiger partial charge in [-0.25, -0.2) is 0 Å². The number of hydrogen-bond donors (Lipinski definition) is 0. The Morgan fingerprint density at radius 3 is 2.36 bits per heavy atom. The van der Waals surface area contributed by atoms with Crippen molar-refractivity contribution in [2.45, 2.75) is 46.6 Å². The van der Waals surface area contributed by atoms with Gasteiger partial charge in [0.2, 0.25) is 0 Å². The van der Waals surface area contributed by atoms with Crippen LogP contribution in [0, 0.1) is 13.8 Å². The molecule has 1 aromatic carbocycles. The highest BCUT2D eigenvalue weighted by molar-refractivity contribution is 5.51. The molecule has 1 aliphatic rings. The predicted octanol–water partition coefficient (Wildman–Crippen LogP) is 3.84. The number of rotatable bonds is 6. The van der Waals surface area contributed by atoms with Crippen molar-refractivity contribution < 1.29 is 4.52 Å². The van der Waals surface area contributed by atoms with E-state index in [-0.39, 0.29) is 5.41 Å². The molecule has 5 nitrogen and oxygen atoms in total. The van der Waals surface area contributed by atoms with Crippen LogP contribution in [0.2, 0.25) is 0 Å². The second-order valence-corrected chi connectivity index (χ2v) is 9.26. The molecule has 0 bridgehead atoms. The Bertz CT molecular complexity index is 769. The van der Waals surface area contributed by atoms with Gasteiger partial charge in [-0.05, 0) is 44.2 Å². The van der Waals surface area contributed by atoms with Gasteiger partial charge in [0.25, 0.3) is 0 Å². The number of anilines is 1. The minimum absolute atomic E-state index is 0.0377. The molecule has 1 aromatic heterocycles. The highest BCUT2D eigenvalue weighted by Crippen LogP contribution is 2.22. The topological polar surface area (TPSA) is 35.8 Å². The third-order valence-corrected chi connectivity index (χ3v) is 5.78. The number of likely N-dealkylation sites (N-methyl/N-ethyl adjacent to an activating group) is 1. The Balaban J connectivity index is 1.42. The van der Waals surface area contributed by atoms with Crippen LogP contribution < -0.4 is 4.90 Å². The molecule has 2 heterocycles. The highest BCUT2D eigenvalue weighted by Gasteiger charge is 2.20. The SMILES string of the molecule is Cc1ccc(N2CCN(CCN(C)Cc3cc(C(C)(C)C)no3)CC2)cc1C. The van der Waals surface area contributed by atoms with E-state index in [2.05, 4.69) is 85.8 Å². The highest BCUT2D eigenvalue weighted by atomic mass is 16.5. The average Bonchev–Trinajstić information content (AvgIpc) is 3.12. The molecule has 2 aromatic rings. The molecule has 1 saturated heterocycles. The summed E-state index contributed by atoms with van der Waals surface area (Å²) >= 11 is 0. The minimum Gasteiger partial charge on any atom is -0.369 e. The number of benzene rings is 1. The zero-order chi connectivity index (χ0) is 20.3. The van der Waals surface area contributed by atoms with Crippen LogP contribution in [-0.2, 0) is 12.0 Å². The van der Waals surface area contributed by atoms with Crippen LogP contribution in [0.4, 0.5) is 5.69 Å². The van der Waals surface area contributed by atoms with E-state index in [9.17, 15) is 0 Å². The van der Waals surface area contributed by atoms with Gasteiger partial charge in [0.1, 0.15) is 0 Å². The van der Waals surface area contributed by atoms with Gasteiger partial charge in [-0.1, -0.05) is 32.0 Å². The molecule has 0 N–H and O–H groups in total. The number of nitrogens with zero attached hydrogens (tertiary/aromatic N) is 4. The maximum Gasteiger partial charge on any atom is 0.150 e. The van der Waals surface area contributed by atoms with E-state index in [0.717, 1.165) is 57.3 Å². The molecule has 3 rings (SSSR count). The third-order valence-electron chi connectivity index (χ3n) is 5.78. The van der Waals surface area contributed by atoms with Crippen LogP contribution in [0.1, 0.15) is 43.4 Å². The molecule has 1 fully saturated rings. The quantitative estimate of drug-likeness (QED) is 0.756. The van der Waals surface area contributed by atoms with E-state index in [1.807, 2.05) is 0 Å². The van der Waals surface area contributed by atoms with Gasteiger partial charge in [-0.2, -0.15) is 0 Å². The van der Waals surface area contributed by atoms with Crippen LogP contribution in [0.15, 0.2) is 28.8 Å². The van der Waals surface area contributed by atoms with Crippen molar-refractivity contribution in [1.29, 1.82) is 0 Å². The lowest BCUT2D eigenvalue weighted by atomic mass is 9.92. The number of aromatic nitrogens is 1. The number of hydrogen-bond acceptors (Lipinski definition) is 5. The Kier molecular flexibility index (Phi) is 6.46. The molecule has 0 aliphatic carbocycles. The summed E-state index contributed by atoms with van der Waals surface area (Å²) in [5, 5.41) is 4.22. The fourth-order valence-electron chi connectivity index (χ4n) is 3.55. The first-order chi connectivity index (χ1) is 13.2. The normalized spacial score (nSPS) is 16.2. The van der Waals surface area contributed by atoms with Crippen molar-refractivity contribution in [3.63, 3.8) is 0 Å². The van der Waals surface area contributed by atoms with Crippen molar-refractivity contribution >= 4 is 5.69 Å². The molecule has 28 heavy (non-hydrogen) atoms. The van der Waals surface area contributed by atoms with Crippen LogP contribution in [0.5, 0.6) is 0 Å². The lowest BCUT2D eigenvalue weighted by molar-refractivity contribution is 0.201. The van der Waals surface area contributed by atoms with Gasteiger partial charge in [-0.3, -0.25) is 9.80 Å². The van der Waals surface area contributed by atoms with Crippen LogP contribution >= 0.6 is 0 Å². The Morgan fingerprint density at radius 1 is 1.04 bits per heavy atom. The lowest BCUT2D eigenvalue weighted by Gasteiger charge is -2.37. The molecule has 0 amide bonds. The molecule has 0 saturated carbocycles. The van der Waals surface area contributed by atoms with E-state index in [4.69, 9.17) is 4.52 Å². The lowest BCUT2D eigenvalue weighted by Crippen LogP contribution is -2.48. The van der Waals surface area contributed by atoms with E-state index < -0.39 is 0 Å². The summed E-state index contributed by atoms with van der Waals surface area (Å²) < 4.78 is 5.52. The van der Waals surface area contributed by atoms with Crippen molar-refractivity contribution in [2.24, 2.45) is 0 Å². The molecule has 0 unspecified atom stereocenters. The molecule has 5 heteroatoms. The minimum atomic E-state index is 0.0377. The van der Waals surface area contributed by atoms with E-state index in [0.29, 0.717) is 0 Å². The van der Waals surface area contributed by atoms with E-state index in [1.165, 1.54) is 16.8 Å². The Labute approximate surface area is 170 Å². The number of piperazine rings is 1. The van der Waals surface area contributed by atoms with Gasteiger partial charge in [0.05, 0.1) is 12.2 Å². The van der Waals surface area contributed by atoms with Gasteiger partial charge >= 0.3 is 0 Å². The summed E-state index contributed by atoms with van der Waals surface area (Å²) in [6.07, 6.45) is 0. The van der Waals surface area contributed by atoms with Crippen molar-refractivity contribution in [3.05, 3.63) is 46.8 Å². The monoisotopic (exact) mass is 384 g/mol. The zero-order valence-corrected chi connectivity index (χ0v) is 18.5. The first-order valence-electron chi connectivity index (χ1n) is 10.4. The van der Waals surface area contributed by atoms with Crippen LogP contribution in [0.3, 0.4) is 0 Å². The largest absolute Gasteiger partial charge is 0.369 e. The molecule has 154 valence electrons. The Hall–Kier alpha value is -1.85. The molecular weight excluding hydrogens is 348 g/mol. The smallest absolute Gasteiger partial charge is 0.150 e. The van der Waals surface area contributed by atoms with Gasteiger partial charge in [0, 0.05) is 56.4 Å². The van der Waals surface area contributed by atoms with E-state index in [1.54, 1.807) is 0 Å². The van der Waals surface area contributed by atoms with E-state index >= 15 is 0 Å². The van der Waals surface area contributed by atoms with Crippen LogP contribution in [-0.4, -0.2) is 61.3 Å². The predicted molar refractivity (Wildman–Crippen MR) is 116 cm³/mol. The summed E-state index contributed by atoms with van der Waals surface area (Å²) in [6.45, 7) is 18.3. The summed E-state index contributed by atoms with van der Waals surface area (Å²) in [5.74, 6) is 0.951. The third kappa shape index (κ3) is 5.36. The van der Waals surface area contributed by atoms with Gasteiger partial charge < -0.3 is 9.42 Å². The summed E-state index contributed by atoms with van der Waals surface area (Å²) in [7, 11) is 2.16. The van der Waals surface area contributed by atoms with Gasteiger partial charge in [0.15, 0.2) is 5.76 Å². The second-order valence-electron chi connectivity index (χ2n) is 9.26. The first kappa shape index (κ1) is 20.9. The van der Waals surface area contributed by atoms with Crippen molar-refractivity contribution in [2.75, 3.05) is 51.2 Å². The maximum atomic E-state index is 5.52. The van der Waals surface area contributed by atoms with Gasteiger partial charge in [-0.15, -0.1) is 0 Å². The fraction of sp³-hybridized carbons (Fsp3) is 0.609. The molecule has 0 atom stereocenters. The number of aryl methyl sites for hydroxylation is 2. The molecular formula is C23H36N4O. The molecule has 0 radical (unpaired) electrons. The molecule has 0 spiro atoms. The van der Waals surface area contributed by atoms with Crippen molar-refractivity contribution in [1.82, 2.24) is 15.0 Å². The maximum absolute atomic E-state index is 5.52. The Morgan fingerprint density at radius 2 is 1.75 bits per heavy atom. The molecule has 1 aliphatic heterocycles. The summed E-state index contributed by atoms with van der Waals surface area (Å²) in [5.41, 5.74) is 5.17. The van der Waals surface area contributed by atoms with Crippen LogP contribution in [0.25, 0.3) is 0 Å². The summed E-state index contributed by atoms with van der Waals surface area (Å²) in [4.78, 5) is 7.40.